The zero-order valence-electron chi connectivity index (χ0n) is 12.5. The van der Waals surface area contributed by atoms with Gasteiger partial charge in [-0.2, -0.15) is 5.26 Å². The highest BCUT2D eigenvalue weighted by Crippen LogP contribution is 2.39. The quantitative estimate of drug-likeness (QED) is 0.798. The van der Waals surface area contributed by atoms with Gasteiger partial charge in [-0.25, -0.2) is 0 Å². The molecule has 0 radical (unpaired) electrons. The number of nitriles is 1. The van der Waals surface area contributed by atoms with Crippen molar-refractivity contribution in [1.29, 1.82) is 5.26 Å². The van der Waals surface area contributed by atoms with Crippen LogP contribution in [0, 0.1) is 17.2 Å². The van der Waals surface area contributed by atoms with Gasteiger partial charge in [-0.15, -0.1) is 0 Å². The summed E-state index contributed by atoms with van der Waals surface area (Å²) in [6.07, 6.45) is 2.00. The van der Waals surface area contributed by atoms with E-state index < -0.39 is 5.54 Å². The van der Waals surface area contributed by atoms with Crippen LogP contribution in [-0.4, -0.2) is 25.1 Å². The van der Waals surface area contributed by atoms with Gasteiger partial charge in [0.05, 0.1) is 6.07 Å². The molecule has 1 unspecified atom stereocenters. The molecule has 0 aliphatic heterocycles. The zero-order chi connectivity index (χ0) is 15.3. The number of nitrogens with zero attached hydrogens (tertiary/aromatic N) is 1. The summed E-state index contributed by atoms with van der Waals surface area (Å²) in [5, 5.41) is 15.0. The normalized spacial score (nSPS) is 16.6. The number of ether oxygens (including phenoxy) is 1. The number of carbonyl (C=O) groups is 1. The molecule has 1 atom stereocenters. The molecule has 112 valence electrons. The number of amides is 1. The Hall–Kier alpha value is -2.06. The molecule has 2 rings (SSSR count). The second-order valence-electron chi connectivity index (χ2n) is 5.60. The lowest BCUT2D eigenvalue weighted by molar-refractivity contribution is -0.124. The zero-order valence-corrected chi connectivity index (χ0v) is 12.5. The molecule has 5 heteroatoms. The number of nitrogens with one attached hydrogen (secondary N) is 2. The van der Waals surface area contributed by atoms with Crippen LogP contribution in [0.1, 0.15) is 25.3 Å². The maximum atomic E-state index is 11.9. The van der Waals surface area contributed by atoms with Crippen molar-refractivity contribution in [2.45, 2.75) is 31.8 Å². The van der Waals surface area contributed by atoms with Gasteiger partial charge in [0, 0.05) is 6.54 Å². The van der Waals surface area contributed by atoms with E-state index in [2.05, 4.69) is 16.7 Å². The first-order valence-corrected chi connectivity index (χ1v) is 7.16. The SMILES string of the molecule is CNCc1ccc(OCC(=O)NC(C)(C#N)C2CC2)cc1. The molecule has 0 bridgehead atoms. The predicted octanol–water partition coefficient (Wildman–Crippen LogP) is 1.59. The smallest absolute Gasteiger partial charge is 0.259 e. The molecule has 0 heterocycles. The molecule has 1 saturated carbocycles. The van der Waals surface area contributed by atoms with Gasteiger partial charge in [-0.3, -0.25) is 4.79 Å². The van der Waals surface area contributed by atoms with Crippen LogP contribution >= 0.6 is 0 Å². The lowest BCUT2D eigenvalue weighted by Gasteiger charge is -2.22. The standard InChI is InChI=1S/C16H21N3O2/c1-16(11-17,13-5-6-13)19-15(20)10-21-14-7-3-12(4-8-14)9-18-2/h3-4,7-8,13,18H,5-6,9-10H2,1-2H3,(H,19,20). The number of hydrogen-bond acceptors (Lipinski definition) is 4. The molecule has 1 fully saturated rings. The van der Waals surface area contributed by atoms with E-state index in [1.807, 2.05) is 31.3 Å². The Morgan fingerprint density at radius 1 is 1.43 bits per heavy atom. The summed E-state index contributed by atoms with van der Waals surface area (Å²) in [7, 11) is 1.89. The Labute approximate surface area is 125 Å². The van der Waals surface area contributed by atoms with Crippen molar-refractivity contribution >= 4 is 5.91 Å². The topological polar surface area (TPSA) is 74.2 Å². The summed E-state index contributed by atoms with van der Waals surface area (Å²) >= 11 is 0. The maximum absolute atomic E-state index is 11.9. The predicted molar refractivity (Wildman–Crippen MR) is 79.6 cm³/mol. The van der Waals surface area contributed by atoms with Gasteiger partial charge >= 0.3 is 0 Å². The fraction of sp³-hybridized carbons (Fsp3) is 0.500. The summed E-state index contributed by atoms with van der Waals surface area (Å²) in [4.78, 5) is 11.9. The molecule has 1 amide bonds. The van der Waals surface area contributed by atoms with Crippen molar-refractivity contribution in [3.8, 4) is 11.8 Å². The van der Waals surface area contributed by atoms with E-state index in [1.54, 1.807) is 6.92 Å². The number of carbonyl (C=O) groups excluding carboxylic acids is 1. The average molecular weight is 287 g/mol. The monoisotopic (exact) mass is 287 g/mol. The van der Waals surface area contributed by atoms with Crippen molar-refractivity contribution in [3.05, 3.63) is 29.8 Å². The van der Waals surface area contributed by atoms with E-state index in [-0.39, 0.29) is 18.4 Å². The van der Waals surface area contributed by atoms with Gasteiger partial charge < -0.3 is 15.4 Å². The van der Waals surface area contributed by atoms with Gasteiger partial charge in [0.15, 0.2) is 6.61 Å². The van der Waals surface area contributed by atoms with Gasteiger partial charge in [-0.05, 0) is 50.4 Å². The van der Waals surface area contributed by atoms with E-state index in [4.69, 9.17) is 4.74 Å². The molecule has 1 aliphatic carbocycles. The van der Waals surface area contributed by atoms with Crippen LogP contribution < -0.4 is 15.4 Å². The summed E-state index contributed by atoms with van der Waals surface area (Å²) in [5.41, 5.74) is 0.386. The Morgan fingerprint density at radius 3 is 2.62 bits per heavy atom. The van der Waals surface area contributed by atoms with Crippen molar-refractivity contribution in [2.24, 2.45) is 5.92 Å². The van der Waals surface area contributed by atoms with E-state index in [0.29, 0.717) is 5.75 Å². The van der Waals surface area contributed by atoms with Crippen LogP contribution in [0.15, 0.2) is 24.3 Å². The van der Waals surface area contributed by atoms with E-state index in [9.17, 15) is 10.1 Å². The third-order valence-electron chi connectivity index (χ3n) is 3.70. The summed E-state index contributed by atoms with van der Waals surface area (Å²) < 4.78 is 5.45. The van der Waals surface area contributed by atoms with E-state index in [0.717, 1.165) is 24.9 Å². The molecule has 1 aliphatic rings. The molecule has 0 saturated heterocycles. The van der Waals surface area contributed by atoms with Crippen LogP contribution in [0.3, 0.4) is 0 Å². The molecule has 0 spiro atoms. The second-order valence-corrected chi connectivity index (χ2v) is 5.60. The largest absolute Gasteiger partial charge is 0.484 e. The number of hydrogen-bond donors (Lipinski definition) is 2. The minimum Gasteiger partial charge on any atom is -0.484 e. The minimum absolute atomic E-state index is 0.0740. The lowest BCUT2D eigenvalue weighted by Crippen LogP contribution is -2.48. The fourth-order valence-electron chi connectivity index (χ4n) is 2.26. The third kappa shape index (κ3) is 4.20. The first-order chi connectivity index (χ1) is 10.1. The number of rotatable bonds is 7. The second kappa shape index (κ2) is 6.59. The Kier molecular flexibility index (Phi) is 4.81. The first-order valence-electron chi connectivity index (χ1n) is 7.16. The molecule has 1 aromatic carbocycles. The first kappa shape index (κ1) is 15.3. The minimum atomic E-state index is -0.767. The Bertz CT molecular complexity index is 531. The molecule has 21 heavy (non-hydrogen) atoms. The fourth-order valence-corrected chi connectivity index (χ4v) is 2.26. The molecule has 1 aromatic rings. The number of benzene rings is 1. The van der Waals surface area contributed by atoms with Crippen LogP contribution in [0.2, 0.25) is 0 Å². The van der Waals surface area contributed by atoms with Crippen LogP contribution in [0.25, 0.3) is 0 Å². The Balaban J connectivity index is 1.82. The van der Waals surface area contributed by atoms with Gasteiger partial charge in [-0.1, -0.05) is 12.1 Å². The van der Waals surface area contributed by atoms with Crippen molar-refractivity contribution < 1.29 is 9.53 Å². The summed E-state index contributed by atoms with van der Waals surface area (Å²) in [5.74, 6) is 0.660. The van der Waals surface area contributed by atoms with Crippen molar-refractivity contribution in [2.75, 3.05) is 13.7 Å². The van der Waals surface area contributed by atoms with Crippen LogP contribution in [-0.2, 0) is 11.3 Å². The molecule has 2 N–H and O–H groups in total. The molecular weight excluding hydrogens is 266 g/mol. The lowest BCUT2D eigenvalue weighted by atomic mass is 9.98. The van der Waals surface area contributed by atoms with E-state index >= 15 is 0 Å². The summed E-state index contributed by atoms with van der Waals surface area (Å²) in [6.45, 7) is 2.49. The maximum Gasteiger partial charge on any atom is 0.259 e. The van der Waals surface area contributed by atoms with Crippen LogP contribution in [0.4, 0.5) is 0 Å². The molecule has 0 aromatic heterocycles. The highest BCUT2D eigenvalue weighted by molar-refractivity contribution is 5.79. The third-order valence-corrected chi connectivity index (χ3v) is 3.70. The van der Waals surface area contributed by atoms with Gasteiger partial charge in [0.25, 0.3) is 5.91 Å². The molecule has 5 nitrogen and oxygen atoms in total. The average Bonchev–Trinajstić information content (AvgIpc) is 3.32. The van der Waals surface area contributed by atoms with Crippen LogP contribution in [0.5, 0.6) is 5.75 Å². The highest BCUT2D eigenvalue weighted by atomic mass is 16.5. The van der Waals surface area contributed by atoms with Crippen molar-refractivity contribution in [1.82, 2.24) is 10.6 Å². The Morgan fingerprint density at radius 2 is 2.10 bits per heavy atom. The van der Waals surface area contributed by atoms with Gasteiger partial charge in [0.1, 0.15) is 11.3 Å². The highest BCUT2D eigenvalue weighted by Gasteiger charge is 2.43. The van der Waals surface area contributed by atoms with E-state index in [1.165, 1.54) is 0 Å². The summed E-state index contributed by atoms with van der Waals surface area (Å²) in [6, 6.07) is 9.78. The van der Waals surface area contributed by atoms with Crippen molar-refractivity contribution in [3.63, 3.8) is 0 Å². The van der Waals surface area contributed by atoms with Gasteiger partial charge in [0.2, 0.25) is 0 Å². The molecular formula is C16H21N3O2.